The Morgan fingerprint density at radius 2 is 1.32 bits per heavy atom. The summed E-state index contributed by atoms with van der Waals surface area (Å²) in [6.07, 6.45) is 1.60. The summed E-state index contributed by atoms with van der Waals surface area (Å²) in [6.45, 7) is 8.77. The number of piperazine rings is 1. The molecule has 1 saturated heterocycles. The van der Waals surface area contributed by atoms with Gasteiger partial charge in [-0.05, 0) is 24.0 Å². The fraction of sp³-hybridized carbons (Fsp3) is 0.462. The number of carbonyl (C=O) groups excluding carboxylic acids is 2. The zero-order valence-electron chi connectivity index (χ0n) is 18.8. The fourth-order valence-corrected chi connectivity index (χ4v) is 4.37. The normalized spacial score (nSPS) is 16.5. The summed E-state index contributed by atoms with van der Waals surface area (Å²) in [5.74, 6) is 0.169. The Morgan fingerprint density at radius 1 is 0.806 bits per heavy atom. The highest BCUT2D eigenvalue weighted by Gasteiger charge is 2.27. The minimum Gasteiger partial charge on any atom is -0.354 e. The molecule has 2 unspecified atom stereocenters. The predicted octanol–water partition coefficient (Wildman–Crippen LogP) is 3.63. The summed E-state index contributed by atoms with van der Waals surface area (Å²) in [6, 6.07) is 20.0. The summed E-state index contributed by atoms with van der Waals surface area (Å²) in [7, 11) is 0. The molecule has 5 nitrogen and oxygen atoms in total. The van der Waals surface area contributed by atoms with Gasteiger partial charge in [0, 0.05) is 39.3 Å². The van der Waals surface area contributed by atoms with Crippen LogP contribution in [-0.4, -0.2) is 60.9 Å². The van der Waals surface area contributed by atoms with E-state index in [1.165, 1.54) is 0 Å². The summed E-state index contributed by atoms with van der Waals surface area (Å²) < 4.78 is 0. The van der Waals surface area contributed by atoms with E-state index in [4.69, 9.17) is 0 Å². The van der Waals surface area contributed by atoms with Crippen LogP contribution in [0.25, 0.3) is 0 Å². The van der Waals surface area contributed by atoms with Crippen LogP contribution in [0, 0.1) is 0 Å². The second-order valence-electron chi connectivity index (χ2n) is 8.20. The van der Waals surface area contributed by atoms with Crippen LogP contribution in [0.1, 0.15) is 49.7 Å². The van der Waals surface area contributed by atoms with E-state index >= 15 is 0 Å². The van der Waals surface area contributed by atoms with Gasteiger partial charge in [-0.15, -0.1) is 0 Å². The molecular weight excluding hydrogens is 386 g/mol. The van der Waals surface area contributed by atoms with Crippen LogP contribution in [0.4, 0.5) is 0 Å². The van der Waals surface area contributed by atoms with E-state index in [9.17, 15) is 9.59 Å². The summed E-state index contributed by atoms with van der Waals surface area (Å²) in [5.41, 5.74) is 2.17. The van der Waals surface area contributed by atoms with Crippen LogP contribution in [0.15, 0.2) is 60.7 Å². The third-order valence-electron chi connectivity index (χ3n) is 6.25. The van der Waals surface area contributed by atoms with Gasteiger partial charge in [-0.3, -0.25) is 14.5 Å². The van der Waals surface area contributed by atoms with Crippen LogP contribution in [0.5, 0.6) is 0 Å². The zero-order valence-corrected chi connectivity index (χ0v) is 18.8. The highest BCUT2D eigenvalue weighted by molar-refractivity contribution is 5.84. The van der Waals surface area contributed by atoms with E-state index in [0.29, 0.717) is 6.54 Å². The number of nitrogens with zero attached hydrogens (tertiary/aromatic N) is 2. The van der Waals surface area contributed by atoms with Crippen molar-refractivity contribution < 1.29 is 9.59 Å². The average Bonchev–Trinajstić information content (AvgIpc) is 2.82. The minimum absolute atomic E-state index is 0.0593. The van der Waals surface area contributed by atoms with Crippen LogP contribution >= 0.6 is 0 Å². The number of nitrogens with one attached hydrogen (secondary N) is 1. The van der Waals surface area contributed by atoms with Crippen molar-refractivity contribution in [3.8, 4) is 0 Å². The smallest absolute Gasteiger partial charge is 0.230 e. The van der Waals surface area contributed by atoms with Gasteiger partial charge in [0.1, 0.15) is 0 Å². The Kier molecular flexibility index (Phi) is 8.65. The van der Waals surface area contributed by atoms with Crippen molar-refractivity contribution in [3.63, 3.8) is 0 Å². The van der Waals surface area contributed by atoms with Crippen LogP contribution < -0.4 is 5.32 Å². The Morgan fingerprint density at radius 3 is 1.84 bits per heavy atom. The van der Waals surface area contributed by atoms with Crippen molar-refractivity contribution in [2.24, 2.45) is 0 Å². The monoisotopic (exact) mass is 421 g/mol. The van der Waals surface area contributed by atoms with E-state index in [2.05, 4.69) is 17.1 Å². The van der Waals surface area contributed by atoms with Crippen molar-refractivity contribution in [3.05, 3.63) is 71.8 Å². The second kappa shape index (κ2) is 11.7. The number of rotatable bonds is 9. The average molecular weight is 422 g/mol. The van der Waals surface area contributed by atoms with E-state index in [1.54, 1.807) is 0 Å². The van der Waals surface area contributed by atoms with Crippen molar-refractivity contribution >= 4 is 11.8 Å². The molecular formula is C26H35N3O2. The number of amides is 2. The molecule has 0 saturated carbocycles. The quantitative estimate of drug-likeness (QED) is 0.673. The maximum absolute atomic E-state index is 13.0. The maximum Gasteiger partial charge on any atom is 0.230 e. The van der Waals surface area contributed by atoms with Gasteiger partial charge in [0.15, 0.2) is 0 Å². The van der Waals surface area contributed by atoms with Gasteiger partial charge in [-0.25, -0.2) is 0 Å². The fourth-order valence-electron chi connectivity index (χ4n) is 4.37. The van der Waals surface area contributed by atoms with E-state index in [1.807, 2.05) is 72.5 Å². The first-order valence-corrected chi connectivity index (χ1v) is 11.5. The van der Waals surface area contributed by atoms with Gasteiger partial charge in [-0.2, -0.15) is 0 Å². The Labute approximate surface area is 186 Å². The van der Waals surface area contributed by atoms with Crippen LogP contribution in [0.2, 0.25) is 0 Å². The molecule has 0 spiro atoms. The number of hydrogen-bond acceptors (Lipinski definition) is 3. The molecule has 5 heteroatoms. The molecule has 166 valence electrons. The van der Waals surface area contributed by atoms with Gasteiger partial charge in [0.25, 0.3) is 0 Å². The van der Waals surface area contributed by atoms with E-state index in [0.717, 1.165) is 56.7 Å². The number of hydrogen-bond donors (Lipinski definition) is 1. The predicted molar refractivity (Wildman–Crippen MR) is 125 cm³/mol. The second-order valence-corrected chi connectivity index (χ2v) is 8.20. The van der Waals surface area contributed by atoms with Crippen molar-refractivity contribution in [2.45, 2.75) is 38.5 Å². The molecule has 1 heterocycles. The lowest BCUT2D eigenvalue weighted by Gasteiger charge is -2.36. The molecule has 1 aliphatic rings. The molecule has 0 aliphatic carbocycles. The van der Waals surface area contributed by atoms with Gasteiger partial charge in [-0.1, -0.05) is 74.5 Å². The van der Waals surface area contributed by atoms with Crippen LogP contribution in [-0.2, 0) is 9.59 Å². The topological polar surface area (TPSA) is 52.7 Å². The van der Waals surface area contributed by atoms with Crippen molar-refractivity contribution in [2.75, 3.05) is 39.3 Å². The Hall–Kier alpha value is -2.66. The molecule has 2 atom stereocenters. The largest absolute Gasteiger partial charge is 0.354 e. The van der Waals surface area contributed by atoms with Gasteiger partial charge < -0.3 is 10.2 Å². The molecule has 1 aliphatic heterocycles. The molecule has 31 heavy (non-hydrogen) atoms. The van der Waals surface area contributed by atoms with E-state index < -0.39 is 0 Å². The molecule has 2 amide bonds. The summed E-state index contributed by atoms with van der Waals surface area (Å²) in [4.78, 5) is 30.0. The van der Waals surface area contributed by atoms with Gasteiger partial charge in [0.05, 0.1) is 11.8 Å². The van der Waals surface area contributed by atoms with Crippen LogP contribution in [0.3, 0.4) is 0 Å². The highest BCUT2D eigenvalue weighted by atomic mass is 16.2. The number of carbonyl (C=O) groups is 2. The third-order valence-corrected chi connectivity index (χ3v) is 6.25. The minimum atomic E-state index is -0.0976. The first kappa shape index (κ1) is 23.0. The maximum atomic E-state index is 13.0. The SMILES string of the molecule is CCC(C(=O)NCCN1CCN(C(=O)C(CC)c2ccccc2)CC1)c1ccccc1. The zero-order chi connectivity index (χ0) is 22.1. The Bertz CT molecular complexity index is 814. The van der Waals surface area contributed by atoms with Gasteiger partial charge in [0.2, 0.25) is 11.8 Å². The molecule has 3 rings (SSSR count). The highest BCUT2D eigenvalue weighted by Crippen LogP contribution is 2.23. The lowest BCUT2D eigenvalue weighted by Crippen LogP contribution is -2.51. The lowest BCUT2D eigenvalue weighted by atomic mass is 9.95. The number of benzene rings is 2. The summed E-state index contributed by atoms with van der Waals surface area (Å²) >= 11 is 0. The van der Waals surface area contributed by atoms with E-state index in [-0.39, 0.29) is 23.7 Å². The van der Waals surface area contributed by atoms with Gasteiger partial charge >= 0.3 is 0 Å². The lowest BCUT2D eigenvalue weighted by molar-refractivity contribution is -0.134. The first-order valence-electron chi connectivity index (χ1n) is 11.5. The molecule has 1 N–H and O–H groups in total. The molecule has 0 radical (unpaired) electrons. The standard InChI is InChI=1S/C26H35N3O2/c1-3-23(21-11-7-5-8-12-21)25(30)27-15-16-28-17-19-29(20-18-28)26(31)24(4-2)22-13-9-6-10-14-22/h5-14,23-24H,3-4,15-20H2,1-2H3,(H,27,30). The molecule has 2 aromatic rings. The molecule has 0 bridgehead atoms. The van der Waals surface area contributed by atoms with Crippen molar-refractivity contribution in [1.82, 2.24) is 15.1 Å². The summed E-state index contributed by atoms with van der Waals surface area (Å²) in [5, 5.41) is 3.10. The van der Waals surface area contributed by atoms with Crippen molar-refractivity contribution in [1.29, 1.82) is 0 Å². The third kappa shape index (κ3) is 6.17. The first-order chi connectivity index (χ1) is 15.1. The molecule has 2 aromatic carbocycles. The molecule has 1 fully saturated rings. The molecule has 0 aromatic heterocycles. The Balaban J connectivity index is 1.43.